The highest BCUT2D eigenvalue weighted by atomic mass is 79.9. The molecule has 0 unspecified atom stereocenters. The lowest BCUT2D eigenvalue weighted by molar-refractivity contribution is 0.00538. The summed E-state index contributed by atoms with van der Waals surface area (Å²) in [5.41, 5.74) is 9.12. The van der Waals surface area contributed by atoms with Gasteiger partial charge in [0.1, 0.15) is 17.4 Å². The van der Waals surface area contributed by atoms with Gasteiger partial charge in [-0.05, 0) is 64.9 Å². The van der Waals surface area contributed by atoms with Crippen LogP contribution in [0.5, 0.6) is 0 Å². The molecule has 0 bridgehead atoms. The van der Waals surface area contributed by atoms with Crippen molar-refractivity contribution in [1.29, 1.82) is 5.41 Å². The number of nitrogen functional groups attached to an aromatic ring is 1. The number of aliphatic hydroxyl groups is 2. The third-order valence-electron chi connectivity index (χ3n) is 6.33. The van der Waals surface area contributed by atoms with Crippen molar-refractivity contribution >= 4 is 43.8 Å². The van der Waals surface area contributed by atoms with Crippen molar-refractivity contribution in [3.8, 4) is 0 Å². The number of aryl methyl sites for hydroxylation is 1. The number of hydrogen-bond donors (Lipinski definition) is 5. The normalized spacial score (nSPS) is 23.7. The number of H-pyrrole nitrogens is 1. The van der Waals surface area contributed by atoms with Crippen LogP contribution in [-0.4, -0.2) is 41.9 Å². The predicted molar refractivity (Wildman–Crippen MR) is 121 cm³/mol. The molecule has 0 saturated heterocycles. The Balaban J connectivity index is 1.35. The van der Waals surface area contributed by atoms with Crippen molar-refractivity contribution in [1.82, 2.24) is 19.5 Å². The molecule has 1 fully saturated rings. The molecule has 9 heteroatoms. The molecule has 160 valence electrons. The maximum Gasteiger partial charge on any atom is 0.160 e. The van der Waals surface area contributed by atoms with E-state index in [1.165, 1.54) is 0 Å². The molecule has 1 aliphatic carbocycles. The van der Waals surface area contributed by atoms with Crippen LogP contribution in [0.1, 0.15) is 24.4 Å². The Labute approximate surface area is 186 Å². The van der Waals surface area contributed by atoms with E-state index in [0.717, 1.165) is 33.8 Å². The highest BCUT2D eigenvalue weighted by molar-refractivity contribution is 9.10. The highest BCUT2D eigenvalue weighted by Crippen LogP contribution is 2.38. The maximum absolute atomic E-state index is 10.8. The van der Waals surface area contributed by atoms with E-state index in [-0.39, 0.29) is 12.0 Å². The predicted octanol–water partition coefficient (Wildman–Crippen LogP) is 2.65. The zero-order valence-electron chi connectivity index (χ0n) is 16.7. The number of nitrogens with zero attached hydrogens (tertiary/aromatic N) is 3. The van der Waals surface area contributed by atoms with Crippen LogP contribution in [0.25, 0.3) is 22.1 Å². The molecule has 3 heterocycles. The summed E-state index contributed by atoms with van der Waals surface area (Å²) in [7, 11) is 0. The number of fused-ring (bicyclic) bond motifs is 2. The van der Waals surface area contributed by atoms with Crippen LogP contribution < -0.4 is 11.1 Å². The molecule has 4 atom stereocenters. The topological polar surface area (TPSA) is 137 Å². The number of benzene rings is 1. The van der Waals surface area contributed by atoms with Gasteiger partial charge in [-0.25, -0.2) is 9.97 Å². The van der Waals surface area contributed by atoms with E-state index in [4.69, 9.17) is 11.1 Å². The molecular formula is C22H23BrN6O2. The number of halogens is 1. The summed E-state index contributed by atoms with van der Waals surface area (Å²) in [6.45, 7) is 0. The van der Waals surface area contributed by atoms with Crippen molar-refractivity contribution in [2.24, 2.45) is 5.92 Å². The summed E-state index contributed by atoms with van der Waals surface area (Å²) < 4.78 is 2.65. The van der Waals surface area contributed by atoms with Gasteiger partial charge >= 0.3 is 0 Å². The molecule has 6 N–H and O–H groups in total. The second-order valence-electron chi connectivity index (χ2n) is 8.20. The average molecular weight is 483 g/mol. The summed E-state index contributed by atoms with van der Waals surface area (Å²) in [6.07, 6.45) is 3.77. The summed E-state index contributed by atoms with van der Waals surface area (Å²) in [6, 6.07) is 9.47. The quantitative estimate of drug-likeness (QED) is 0.304. The Hall–Kier alpha value is -2.75. The van der Waals surface area contributed by atoms with Crippen LogP contribution in [0.15, 0.2) is 47.3 Å². The lowest BCUT2D eigenvalue weighted by Gasteiger charge is -2.20. The Bertz CT molecular complexity index is 1330. The van der Waals surface area contributed by atoms with Crippen LogP contribution in [0.3, 0.4) is 0 Å². The summed E-state index contributed by atoms with van der Waals surface area (Å²) in [5.74, 6) is 0.415. The minimum absolute atomic E-state index is 0.0455. The van der Waals surface area contributed by atoms with E-state index in [1.54, 1.807) is 18.6 Å². The first-order valence-corrected chi connectivity index (χ1v) is 11.0. The van der Waals surface area contributed by atoms with Gasteiger partial charge < -0.3 is 25.5 Å². The molecule has 0 aliphatic heterocycles. The number of nitrogens with one attached hydrogen (secondary N) is 2. The van der Waals surface area contributed by atoms with Crippen LogP contribution in [0.4, 0.5) is 5.82 Å². The first-order chi connectivity index (χ1) is 14.9. The molecule has 0 spiro atoms. The molecular weight excluding hydrogens is 460 g/mol. The number of anilines is 1. The number of aromatic nitrogens is 4. The van der Waals surface area contributed by atoms with E-state index in [9.17, 15) is 10.2 Å². The van der Waals surface area contributed by atoms with E-state index >= 15 is 0 Å². The van der Waals surface area contributed by atoms with Crippen molar-refractivity contribution in [2.75, 3.05) is 5.73 Å². The number of nitrogens with two attached hydrogens (primary N) is 1. The minimum Gasteiger partial charge on any atom is -0.390 e. The number of pyridine rings is 2. The lowest BCUT2D eigenvalue weighted by atomic mass is 9.95. The van der Waals surface area contributed by atoms with Gasteiger partial charge in [-0.3, -0.25) is 5.41 Å². The van der Waals surface area contributed by atoms with Crippen molar-refractivity contribution in [3.05, 3.63) is 58.2 Å². The average Bonchev–Trinajstić information content (AvgIpc) is 3.35. The fraction of sp³-hybridized carbons (Fsp3) is 0.318. The number of hydrogen-bond acceptors (Lipinski definition) is 6. The molecule has 8 nitrogen and oxygen atoms in total. The van der Waals surface area contributed by atoms with Crippen LogP contribution in [0, 0.1) is 11.3 Å². The highest BCUT2D eigenvalue weighted by Gasteiger charge is 2.42. The number of rotatable bonds is 4. The fourth-order valence-corrected chi connectivity index (χ4v) is 4.96. The largest absolute Gasteiger partial charge is 0.390 e. The molecule has 1 aliphatic rings. The Kier molecular flexibility index (Phi) is 5.04. The van der Waals surface area contributed by atoms with E-state index in [0.29, 0.717) is 28.8 Å². The molecule has 3 aromatic heterocycles. The Morgan fingerprint density at radius 1 is 1.23 bits per heavy atom. The van der Waals surface area contributed by atoms with Crippen LogP contribution >= 0.6 is 15.9 Å². The first kappa shape index (κ1) is 20.2. The Morgan fingerprint density at radius 2 is 2.06 bits per heavy atom. The second-order valence-corrected chi connectivity index (χ2v) is 9.06. The molecule has 0 amide bonds. The maximum atomic E-state index is 10.8. The van der Waals surface area contributed by atoms with Crippen LogP contribution in [-0.2, 0) is 6.42 Å². The van der Waals surface area contributed by atoms with E-state index < -0.39 is 12.2 Å². The van der Waals surface area contributed by atoms with Gasteiger partial charge in [-0.15, -0.1) is 0 Å². The van der Waals surface area contributed by atoms with Gasteiger partial charge in [0.25, 0.3) is 0 Å². The third kappa shape index (κ3) is 3.52. The van der Waals surface area contributed by atoms with Crippen molar-refractivity contribution < 1.29 is 10.2 Å². The molecule has 31 heavy (non-hydrogen) atoms. The number of aromatic amines is 1. The van der Waals surface area contributed by atoms with Gasteiger partial charge in [0, 0.05) is 11.6 Å². The third-order valence-corrected chi connectivity index (χ3v) is 6.97. The van der Waals surface area contributed by atoms with E-state index in [1.807, 2.05) is 22.8 Å². The number of aliphatic hydroxyl groups excluding tert-OH is 2. The van der Waals surface area contributed by atoms with Crippen molar-refractivity contribution in [2.45, 2.75) is 37.5 Å². The molecule has 5 rings (SSSR count). The zero-order valence-corrected chi connectivity index (χ0v) is 18.2. The number of imidazole rings is 1. The summed E-state index contributed by atoms with van der Waals surface area (Å²) >= 11 is 3.41. The SMILES string of the molecule is N=c1ccn([C@@H]2C[C@H](CCc3ccc4cc(Br)c(N)nc4c3)[C@@H](O)[C@H]2O)c2nc[nH]c12. The van der Waals surface area contributed by atoms with Gasteiger partial charge in [0.15, 0.2) is 5.65 Å². The van der Waals surface area contributed by atoms with Crippen molar-refractivity contribution in [3.63, 3.8) is 0 Å². The van der Waals surface area contributed by atoms with E-state index in [2.05, 4.69) is 36.9 Å². The molecule has 1 aromatic carbocycles. The molecule has 0 radical (unpaired) electrons. The molecule has 1 saturated carbocycles. The lowest BCUT2D eigenvalue weighted by Crippen LogP contribution is -2.30. The van der Waals surface area contributed by atoms with Gasteiger partial charge in [0.2, 0.25) is 0 Å². The second kappa shape index (κ2) is 7.74. The first-order valence-electron chi connectivity index (χ1n) is 10.2. The summed E-state index contributed by atoms with van der Waals surface area (Å²) in [4.78, 5) is 11.7. The Morgan fingerprint density at radius 3 is 2.90 bits per heavy atom. The molecule has 4 aromatic rings. The van der Waals surface area contributed by atoms with Gasteiger partial charge in [0.05, 0.1) is 33.8 Å². The van der Waals surface area contributed by atoms with Gasteiger partial charge in [-0.2, -0.15) is 0 Å². The monoisotopic (exact) mass is 482 g/mol. The smallest absolute Gasteiger partial charge is 0.160 e. The fourth-order valence-electron chi connectivity index (χ4n) is 4.63. The zero-order chi connectivity index (χ0) is 21.7. The van der Waals surface area contributed by atoms with Gasteiger partial charge in [-0.1, -0.05) is 12.1 Å². The standard InChI is InChI=1S/C22H23BrN6O2/c23-14-8-12-3-1-11(7-16(12)28-21(14)25)2-4-13-9-17(20(31)19(13)30)29-6-5-15(24)18-22(29)27-10-26-18/h1,3,5-8,10,13,17,19-20,24,30-31H,2,4,9H2,(H2,25,28)(H,26,27)/t13-,17+,19+,20-/m0/s1. The minimum atomic E-state index is -0.887. The summed E-state index contributed by atoms with van der Waals surface area (Å²) in [5, 5.41) is 30.9. The van der Waals surface area contributed by atoms with Crippen LogP contribution in [0.2, 0.25) is 0 Å².